The molecule has 18 heavy (non-hydrogen) atoms. The quantitative estimate of drug-likeness (QED) is 0.761. The van der Waals surface area contributed by atoms with Crippen LogP contribution < -0.4 is 4.90 Å². The highest BCUT2D eigenvalue weighted by atomic mass is 19.4. The smallest absolute Gasteiger partial charge is 0.369 e. The minimum absolute atomic E-state index is 0.234. The molecule has 0 bridgehead atoms. The maximum absolute atomic E-state index is 12.7. The number of hydrogen-bond donors (Lipinski definition) is 0. The molecule has 0 radical (unpaired) electrons. The van der Waals surface area contributed by atoms with Gasteiger partial charge in [0.05, 0.1) is 5.56 Å². The Bertz CT molecular complexity index is 399. The molecular formula is C14H20F3N. The fraction of sp³-hybridized carbons (Fsp3) is 0.571. The van der Waals surface area contributed by atoms with Crippen LogP contribution in [-0.4, -0.2) is 12.6 Å². The lowest BCUT2D eigenvalue weighted by atomic mass is 10.1. The van der Waals surface area contributed by atoms with Gasteiger partial charge in [-0.15, -0.1) is 0 Å². The van der Waals surface area contributed by atoms with Crippen molar-refractivity contribution in [3.05, 3.63) is 29.3 Å². The Morgan fingerprint density at radius 1 is 1.22 bits per heavy atom. The summed E-state index contributed by atoms with van der Waals surface area (Å²) in [6.45, 7) is 8.59. The van der Waals surface area contributed by atoms with Crippen LogP contribution in [0.4, 0.5) is 18.9 Å². The summed E-state index contributed by atoms with van der Waals surface area (Å²) in [7, 11) is 0. The summed E-state index contributed by atoms with van der Waals surface area (Å²) in [5, 5.41) is 0. The highest BCUT2D eigenvalue weighted by Crippen LogP contribution is 2.34. The molecule has 0 saturated carbocycles. The van der Waals surface area contributed by atoms with Gasteiger partial charge in [-0.1, -0.05) is 13.0 Å². The van der Waals surface area contributed by atoms with Crippen LogP contribution in [0, 0.1) is 6.92 Å². The number of halogens is 3. The Labute approximate surface area is 107 Å². The van der Waals surface area contributed by atoms with Crippen LogP contribution in [-0.2, 0) is 6.18 Å². The maximum atomic E-state index is 12.7. The summed E-state index contributed by atoms with van der Waals surface area (Å²) in [5.74, 6) is 0. The average molecular weight is 259 g/mol. The van der Waals surface area contributed by atoms with Crippen molar-refractivity contribution >= 4 is 5.69 Å². The zero-order valence-electron chi connectivity index (χ0n) is 11.3. The lowest BCUT2D eigenvalue weighted by Gasteiger charge is -2.31. The van der Waals surface area contributed by atoms with Gasteiger partial charge >= 0.3 is 6.18 Å². The molecule has 0 fully saturated rings. The van der Waals surface area contributed by atoms with Crippen molar-refractivity contribution in [2.75, 3.05) is 11.4 Å². The summed E-state index contributed by atoms with van der Waals surface area (Å²) in [5.41, 5.74) is 0.983. The van der Waals surface area contributed by atoms with Gasteiger partial charge < -0.3 is 4.90 Å². The van der Waals surface area contributed by atoms with E-state index in [0.29, 0.717) is 12.2 Å². The summed E-state index contributed by atoms with van der Waals surface area (Å²) in [6, 6.07) is 4.18. The first-order valence-corrected chi connectivity index (χ1v) is 6.25. The summed E-state index contributed by atoms with van der Waals surface area (Å²) < 4.78 is 38.2. The van der Waals surface area contributed by atoms with Crippen LogP contribution in [0.2, 0.25) is 0 Å². The van der Waals surface area contributed by atoms with Crippen LogP contribution in [0.25, 0.3) is 0 Å². The number of rotatable bonds is 4. The highest BCUT2D eigenvalue weighted by Gasteiger charge is 2.31. The second kappa shape index (κ2) is 5.63. The largest absolute Gasteiger partial charge is 0.416 e. The molecule has 1 rings (SSSR count). The van der Waals surface area contributed by atoms with Gasteiger partial charge in [0.15, 0.2) is 0 Å². The number of anilines is 1. The van der Waals surface area contributed by atoms with Crippen LogP contribution in [0.5, 0.6) is 0 Å². The monoisotopic (exact) mass is 259 g/mol. The normalized spacial score (nSPS) is 13.5. The third-order valence-corrected chi connectivity index (χ3v) is 3.31. The van der Waals surface area contributed by atoms with E-state index in [1.807, 2.05) is 32.6 Å². The second-order valence-electron chi connectivity index (χ2n) is 4.54. The average Bonchev–Trinajstić information content (AvgIpc) is 2.30. The molecule has 0 spiro atoms. The van der Waals surface area contributed by atoms with E-state index in [1.54, 1.807) is 6.07 Å². The van der Waals surface area contributed by atoms with Crippen molar-refractivity contribution in [1.82, 2.24) is 0 Å². The minimum Gasteiger partial charge on any atom is -0.369 e. The minimum atomic E-state index is -4.28. The van der Waals surface area contributed by atoms with Gasteiger partial charge in [0.1, 0.15) is 0 Å². The number of alkyl halides is 3. The number of benzene rings is 1. The van der Waals surface area contributed by atoms with E-state index >= 15 is 0 Å². The van der Waals surface area contributed by atoms with Crippen LogP contribution in [0.3, 0.4) is 0 Å². The molecule has 0 amide bonds. The number of hydrogen-bond acceptors (Lipinski definition) is 1. The van der Waals surface area contributed by atoms with E-state index in [2.05, 4.69) is 0 Å². The molecule has 4 heteroatoms. The Balaban J connectivity index is 3.21. The zero-order chi connectivity index (χ0) is 13.9. The summed E-state index contributed by atoms with van der Waals surface area (Å²) in [4.78, 5) is 2.02. The SMILES string of the molecule is CCC(C)N(CC)c1cc(C(F)(F)F)ccc1C. The van der Waals surface area contributed by atoms with Crippen molar-refractivity contribution in [3.8, 4) is 0 Å². The van der Waals surface area contributed by atoms with Gasteiger partial charge in [-0.05, 0) is 44.9 Å². The fourth-order valence-electron chi connectivity index (χ4n) is 2.03. The predicted molar refractivity (Wildman–Crippen MR) is 69.0 cm³/mol. The van der Waals surface area contributed by atoms with Crippen molar-refractivity contribution < 1.29 is 13.2 Å². The summed E-state index contributed by atoms with van der Waals surface area (Å²) in [6.07, 6.45) is -3.37. The van der Waals surface area contributed by atoms with Gasteiger partial charge in [0.2, 0.25) is 0 Å². The van der Waals surface area contributed by atoms with E-state index in [1.165, 1.54) is 6.07 Å². The molecule has 1 unspecified atom stereocenters. The first-order valence-electron chi connectivity index (χ1n) is 6.25. The first-order chi connectivity index (χ1) is 8.31. The molecule has 0 saturated heterocycles. The van der Waals surface area contributed by atoms with Crippen molar-refractivity contribution in [2.24, 2.45) is 0 Å². The highest BCUT2D eigenvalue weighted by molar-refractivity contribution is 5.56. The van der Waals surface area contributed by atoms with Crippen LogP contribution in [0.15, 0.2) is 18.2 Å². The third kappa shape index (κ3) is 3.18. The van der Waals surface area contributed by atoms with E-state index in [-0.39, 0.29) is 6.04 Å². The molecule has 1 aromatic rings. The van der Waals surface area contributed by atoms with E-state index in [9.17, 15) is 13.2 Å². The molecule has 0 aliphatic carbocycles. The number of nitrogens with zero attached hydrogens (tertiary/aromatic N) is 1. The second-order valence-corrected chi connectivity index (χ2v) is 4.54. The topological polar surface area (TPSA) is 3.24 Å². The molecular weight excluding hydrogens is 239 g/mol. The van der Waals surface area contributed by atoms with E-state index in [0.717, 1.165) is 18.1 Å². The lowest BCUT2D eigenvalue weighted by Crippen LogP contribution is -2.33. The first kappa shape index (κ1) is 14.9. The van der Waals surface area contributed by atoms with Crippen LogP contribution in [0.1, 0.15) is 38.3 Å². The molecule has 0 aromatic heterocycles. The van der Waals surface area contributed by atoms with Crippen molar-refractivity contribution in [1.29, 1.82) is 0 Å². The molecule has 0 aliphatic heterocycles. The summed E-state index contributed by atoms with van der Waals surface area (Å²) >= 11 is 0. The zero-order valence-corrected chi connectivity index (χ0v) is 11.3. The molecule has 102 valence electrons. The van der Waals surface area contributed by atoms with E-state index < -0.39 is 11.7 Å². The van der Waals surface area contributed by atoms with Crippen molar-refractivity contribution in [3.63, 3.8) is 0 Å². The van der Waals surface area contributed by atoms with Gasteiger partial charge in [0.25, 0.3) is 0 Å². The van der Waals surface area contributed by atoms with Gasteiger partial charge in [-0.2, -0.15) is 13.2 Å². The van der Waals surface area contributed by atoms with Crippen molar-refractivity contribution in [2.45, 2.75) is 46.3 Å². The molecule has 1 atom stereocenters. The third-order valence-electron chi connectivity index (χ3n) is 3.31. The molecule has 0 heterocycles. The number of aryl methyl sites for hydroxylation is 1. The standard InChI is InChI=1S/C14H20F3N/c1-5-11(4)18(6-2)13-9-12(14(15,16)17)8-7-10(13)3/h7-9,11H,5-6H2,1-4H3. The molecule has 0 aliphatic rings. The Morgan fingerprint density at radius 2 is 1.83 bits per heavy atom. The van der Waals surface area contributed by atoms with Gasteiger partial charge in [-0.25, -0.2) is 0 Å². The Kier molecular flexibility index (Phi) is 4.65. The fourth-order valence-corrected chi connectivity index (χ4v) is 2.03. The Morgan fingerprint density at radius 3 is 2.28 bits per heavy atom. The Hall–Kier alpha value is -1.19. The predicted octanol–water partition coefficient (Wildman–Crippen LogP) is 4.64. The molecule has 1 nitrogen and oxygen atoms in total. The maximum Gasteiger partial charge on any atom is 0.416 e. The molecule has 1 aromatic carbocycles. The van der Waals surface area contributed by atoms with Crippen LogP contribution >= 0.6 is 0 Å². The van der Waals surface area contributed by atoms with Gasteiger partial charge in [-0.3, -0.25) is 0 Å². The molecule has 0 N–H and O–H groups in total. The van der Waals surface area contributed by atoms with E-state index in [4.69, 9.17) is 0 Å². The van der Waals surface area contributed by atoms with Gasteiger partial charge in [0, 0.05) is 18.3 Å². The lowest BCUT2D eigenvalue weighted by molar-refractivity contribution is -0.137.